The molecule has 0 saturated heterocycles. The second-order valence-corrected chi connectivity index (χ2v) is 5.74. The average Bonchev–Trinajstić information content (AvgIpc) is 2.61. The number of ether oxygens (including phenoxy) is 1. The summed E-state index contributed by atoms with van der Waals surface area (Å²) in [6.45, 7) is 3.43. The van der Waals surface area contributed by atoms with Gasteiger partial charge >= 0.3 is 5.97 Å². The number of nitrogens with one attached hydrogen (secondary N) is 1. The smallest absolute Gasteiger partial charge is 0.338 e. The lowest BCUT2D eigenvalue weighted by Gasteiger charge is -2.09. The highest BCUT2D eigenvalue weighted by Crippen LogP contribution is 2.23. The minimum absolute atomic E-state index is 0.237. The Kier molecular flexibility index (Phi) is 5.81. The first-order valence-corrected chi connectivity index (χ1v) is 7.73. The van der Waals surface area contributed by atoms with E-state index in [1.54, 1.807) is 13.8 Å². The van der Waals surface area contributed by atoms with Crippen LogP contribution in [0.5, 0.6) is 0 Å². The predicted molar refractivity (Wildman–Crippen MR) is 94.7 cm³/mol. The third-order valence-corrected chi connectivity index (χ3v) is 3.31. The molecule has 0 unspecified atom stereocenters. The maximum absolute atomic E-state index is 12.3. The van der Waals surface area contributed by atoms with E-state index in [-0.39, 0.29) is 17.2 Å². The molecule has 0 radical (unpaired) electrons. The number of esters is 1. The highest BCUT2D eigenvalue weighted by molar-refractivity contribution is 6.05. The normalized spacial score (nSPS) is 10.3. The fourth-order valence-corrected chi connectivity index (χ4v) is 2.11. The molecule has 0 aromatic heterocycles. The van der Waals surface area contributed by atoms with Crippen molar-refractivity contribution in [1.29, 1.82) is 0 Å². The quantitative estimate of drug-likeness (QED) is 0.465. The van der Waals surface area contributed by atoms with Crippen LogP contribution in [0.4, 0.5) is 17.1 Å². The van der Waals surface area contributed by atoms with Crippen molar-refractivity contribution in [3.63, 3.8) is 0 Å². The van der Waals surface area contributed by atoms with Crippen LogP contribution >= 0.6 is 0 Å². The van der Waals surface area contributed by atoms with E-state index in [4.69, 9.17) is 4.74 Å². The largest absolute Gasteiger partial charge is 0.459 e. The summed E-state index contributed by atoms with van der Waals surface area (Å²) in [5.74, 6) is -1.28. The summed E-state index contributed by atoms with van der Waals surface area (Å²) in [4.78, 5) is 44.2. The van der Waals surface area contributed by atoms with Gasteiger partial charge in [-0.25, -0.2) is 4.79 Å². The van der Waals surface area contributed by atoms with Gasteiger partial charge in [-0.2, -0.15) is 0 Å². The number of carbonyl (C=O) groups excluding carboxylic acids is 2. The van der Waals surface area contributed by atoms with Gasteiger partial charge in [-0.15, -0.1) is 0 Å². The van der Waals surface area contributed by atoms with Crippen molar-refractivity contribution in [1.82, 2.24) is 0 Å². The molecule has 10 nitrogen and oxygen atoms in total. The van der Waals surface area contributed by atoms with Crippen molar-refractivity contribution in [3.8, 4) is 0 Å². The molecule has 0 saturated carbocycles. The van der Waals surface area contributed by atoms with E-state index < -0.39 is 33.1 Å². The van der Waals surface area contributed by atoms with E-state index in [1.165, 1.54) is 24.3 Å². The Morgan fingerprint density at radius 1 is 0.926 bits per heavy atom. The van der Waals surface area contributed by atoms with Crippen LogP contribution in [0.25, 0.3) is 0 Å². The van der Waals surface area contributed by atoms with Gasteiger partial charge in [-0.1, -0.05) is 0 Å². The molecular weight excluding hydrogens is 358 g/mol. The first-order valence-electron chi connectivity index (χ1n) is 7.73. The second-order valence-electron chi connectivity index (χ2n) is 5.74. The molecule has 0 atom stereocenters. The van der Waals surface area contributed by atoms with Gasteiger partial charge < -0.3 is 10.1 Å². The standard InChI is InChI=1S/C17H15N3O7/c1-10(2)27-17(22)11-3-5-13(6-4-11)18-16(21)12-7-14(19(23)24)9-15(8-12)20(25)26/h3-10H,1-2H3,(H,18,21). The van der Waals surface area contributed by atoms with E-state index in [1.807, 2.05) is 0 Å². The molecule has 0 aliphatic heterocycles. The molecule has 1 N–H and O–H groups in total. The summed E-state index contributed by atoms with van der Waals surface area (Å²) >= 11 is 0. The molecule has 0 fully saturated rings. The van der Waals surface area contributed by atoms with E-state index in [9.17, 15) is 29.8 Å². The summed E-state index contributed by atoms with van der Waals surface area (Å²) in [6.07, 6.45) is -0.276. The molecule has 1 amide bonds. The zero-order chi connectivity index (χ0) is 20.1. The third kappa shape index (κ3) is 5.08. The molecule has 27 heavy (non-hydrogen) atoms. The van der Waals surface area contributed by atoms with E-state index in [0.29, 0.717) is 5.69 Å². The van der Waals surface area contributed by atoms with E-state index >= 15 is 0 Å². The Morgan fingerprint density at radius 2 is 1.44 bits per heavy atom. The number of hydrogen-bond acceptors (Lipinski definition) is 7. The van der Waals surface area contributed by atoms with Crippen molar-refractivity contribution >= 4 is 28.9 Å². The molecule has 0 aliphatic rings. The number of rotatable bonds is 6. The van der Waals surface area contributed by atoms with Crippen LogP contribution in [0.2, 0.25) is 0 Å². The van der Waals surface area contributed by atoms with Crippen LogP contribution < -0.4 is 5.32 Å². The minimum Gasteiger partial charge on any atom is -0.459 e. The number of anilines is 1. The SMILES string of the molecule is CC(C)OC(=O)c1ccc(NC(=O)c2cc([N+](=O)[O-])cc([N+](=O)[O-])c2)cc1. The second kappa shape index (κ2) is 8.04. The van der Waals surface area contributed by atoms with Crippen molar-refractivity contribution in [2.75, 3.05) is 5.32 Å². The van der Waals surface area contributed by atoms with Gasteiger partial charge in [0.15, 0.2) is 0 Å². The number of hydrogen-bond donors (Lipinski definition) is 1. The molecule has 0 bridgehead atoms. The van der Waals surface area contributed by atoms with Crippen LogP contribution in [0.3, 0.4) is 0 Å². The number of non-ortho nitro benzene ring substituents is 2. The Labute approximate surface area is 153 Å². The topological polar surface area (TPSA) is 142 Å². The van der Waals surface area contributed by atoms with Gasteiger partial charge in [0.2, 0.25) is 0 Å². The lowest BCUT2D eigenvalue weighted by atomic mass is 10.1. The summed E-state index contributed by atoms with van der Waals surface area (Å²) in [5, 5.41) is 24.2. The molecule has 0 spiro atoms. The van der Waals surface area contributed by atoms with Crippen LogP contribution in [-0.4, -0.2) is 27.8 Å². The molecule has 0 aliphatic carbocycles. The van der Waals surface area contributed by atoms with Gasteiger partial charge in [0.25, 0.3) is 17.3 Å². The fraction of sp³-hybridized carbons (Fsp3) is 0.176. The lowest BCUT2D eigenvalue weighted by Crippen LogP contribution is -2.14. The molecule has 2 rings (SSSR count). The zero-order valence-electron chi connectivity index (χ0n) is 14.4. The third-order valence-electron chi connectivity index (χ3n) is 3.31. The Hall–Kier alpha value is -3.82. The van der Waals surface area contributed by atoms with Crippen molar-refractivity contribution in [3.05, 3.63) is 73.8 Å². The molecule has 0 heterocycles. The highest BCUT2D eigenvalue weighted by atomic mass is 16.6. The Bertz CT molecular complexity index is 875. The zero-order valence-corrected chi connectivity index (χ0v) is 14.4. The first-order chi connectivity index (χ1) is 12.7. The maximum atomic E-state index is 12.3. The minimum atomic E-state index is -0.821. The number of benzene rings is 2. The highest BCUT2D eigenvalue weighted by Gasteiger charge is 2.20. The van der Waals surface area contributed by atoms with Crippen LogP contribution in [0, 0.1) is 20.2 Å². The summed E-state index contributed by atoms with van der Waals surface area (Å²) in [7, 11) is 0. The van der Waals surface area contributed by atoms with E-state index in [2.05, 4.69) is 5.32 Å². The Balaban J connectivity index is 2.21. The first kappa shape index (κ1) is 19.5. The number of nitro groups is 2. The average molecular weight is 373 g/mol. The van der Waals surface area contributed by atoms with Crippen LogP contribution in [0.15, 0.2) is 42.5 Å². The van der Waals surface area contributed by atoms with Gasteiger partial charge in [0.1, 0.15) is 0 Å². The van der Waals surface area contributed by atoms with E-state index in [0.717, 1.165) is 18.2 Å². The molecule has 140 valence electrons. The van der Waals surface area contributed by atoms with Crippen molar-refractivity contribution in [2.24, 2.45) is 0 Å². The van der Waals surface area contributed by atoms with Crippen molar-refractivity contribution < 1.29 is 24.2 Å². The number of amides is 1. The number of nitro benzene ring substituents is 2. The summed E-state index contributed by atoms with van der Waals surface area (Å²) in [5.41, 5.74) is -0.788. The number of carbonyl (C=O) groups is 2. The van der Waals surface area contributed by atoms with Crippen LogP contribution in [-0.2, 0) is 4.74 Å². The summed E-state index contributed by atoms with van der Waals surface area (Å²) < 4.78 is 5.04. The molecule has 10 heteroatoms. The van der Waals surface area contributed by atoms with Gasteiger partial charge in [-0.05, 0) is 38.1 Å². The predicted octanol–water partition coefficient (Wildman–Crippen LogP) is 3.32. The molecular formula is C17H15N3O7. The maximum Gasteiger partial charge on any atom is 0.338 e. The summed E-state index contributed by atoms with van der Waals surface area (Å²) in [6, 6.07) is 8.42. The number of nitrogens with zero attached hydrogens (tertiary/aromatic N) is 2. The fourth-order valence-electron chi connectivity index (χ4n) is 2.11. The molecule has 2 aromatic carbocycles. The van der Waals surface area contributed by atoms with Crippen LogP contribution in [0.1, 0.15) is 34.6 Å². The van der Waals surface area contributed by atoms with Gasteiger partial charge in [-0.3, -0.25) is 25.0 Å². The van der Waals surface area contributed by atoms with Gasteiger partial charge in [0, 0.05) is 17.8 Å². The monoisotopic (exact) mass is 373 g/mol. The van der Waals surface area contributed by atoms with Crippen molar-refractivity contribution in [2.45, 2.75) is 20.0 Å². The Morgan fingerprint density at radius 3 is 1.89 bits per heavy atom. The lowest BCUT2D eigenvalue weighted by molar-refractivity contribution is -0.394. The molecule has 2 aromatic rings. The van der Waals surface area contributed by atoms with Gasteiger partial charge in [0.05, 0.1) is 33.1 Å².